The van der Waals surface area contributed by atoms with Gasteiger partial charge in [0.05, 0.1) is 17.0 Å². The Kier molecular flexibility index (Phi) is 3.19. The van der Waals surface area contributed by atoms with E-state index < -0.39 is 11.6 Å². The van der Waals surface area contributed by atoms with E-state index in [0.717, 1.165) is 18.9 Å². The topological polar surface area (TPSA) is 47.3 Å². The van der Waals surface area contributed by atoms with Crippen LogP contribution >= 0.6 is 0 Å². The summed E-state index contributed by atoms with van der Waals surface area (Å²) < 4.78 is 32.1. The van der Waals surface area contributed by atoms with Crippen LogP contribution in [0.4, 0.5) is 20.2 Å². The summed E-state index contributed by atoms with van der Waals surface area (Å²) in [7, 11) is 0. The molecule has 5 heteroatoms. The summed E-state index contributed by atoms with van der Waals surface area (Å²) in [4.78, 5) is 0. The smallest absolute Gasteiger partial charge is 0.183 e. The molecular weight excluding hydrogens is 226 g/mol. The van der Waals surface area contributed by atoms with E-state index in [0.29, 0.717) is 13.2 Å². The van der Waals surface area contributed by atoms with Crippen LogP contribution in [0.5, 0.6) is 0 Å². The number of nitrogens with two attached hydrogens (primary N) is 1. The van der Waals surface area contributed by atoms with Gasteiger partial charge in [0.2, 0.25) is 0 Å². The largest absolute Gasteiger partial charge is 0.397 e. The second-order valence-electron chi connectivity index (χ2n) is 4.58. The molecule has 94 valence electrons. The highest BCUT2D eigenvalue weighted by molar-refractivity contribution is 5.66. The van der Waals surface area contributed by atoms with Crippen LogP contribution in [-0.4, -0.2) is 18.8 Å². The number of nitrogens with one attached hydrogen (secondary N) is 1. The maximum Gasteiger partial charge on any atom is 0.183 e. The van der Waals surface area contributed by atoms with Gasteiger partial charge in [0.15, 0.2) is 11.6 Å². The molecule has 1 aliphatic rings. The Morgan fingerprint density at radius 1 is 1.47 bits per heavy atom. The summed E-state index contributed by atoms with van der Waals surface area (Å²) in [6, 6.07) is 2.36. The molecule has 0 spiro atoms. The van der Waals surface area contributed by atoms with Crippen LogP contribution in [-0.2, 0) is 4.74 Å². The molecule has 1 unspecified atom stereocenters. The SMILES string of the molecule is CC1(CNc2c(N)ccc(F)c2F)CCCO1. The Hall–Kier alpha value is -1.36. The lowest BCUT2D eigenvalue weighted by Crippen LogP contribution is -2.33. The van der Waals surface area contributed by atoms with Crippen LogP contribution in [0, 0.1) is 11.6 Å². The van der Waals surface area contributed by atoms with Crippen molar-refractivity contribution in [3.05, 3.63) is 23.8 Å². The number of hydrogen-bond donors (Lipinski definition) is 2. The molecule has 17 heavy (non-hydrogen) atoms. The zero-order valence-electron chi connectivity index (χ0n) is 9.72. The van der Waals surface area contributed by atoms with Gasteiger partial charge in [-0.3, -0.25) is 0 Å². The molecule has 0 radical (unpaired) electrons. The highest BCUT2D eigenvalue weighted by Gasteiger charge is 2.30. The lowest BCUT2D eigenvalue weighted by Gasteiger charge is -2.24. The first-order chi connectivity index (χ1) is 8.02. The quantitative estimate of drug-likeness (QED) is 0.801. The van der Waals surface area contributed by atoms with Gasteiger partial charge in [0.25, 0.3) is 0 Å². The number of halogens is 2. The third-order valence-corrected chi connectivity index (χ3v) is 3.07. The molecule has 0 aromatic heterocycles. The molecule has 0 bridgehead atoms. The molecule has 1 saturated heterocycles. The molecule has 3 N–H and O–H groups in total. The average Bonchev–Trinajstić information content (AvgIpc) is 2.71. The first-order valence-electron chi connectivity index (χ1n) is 5.63. The van der Waals surface area contributed by atoms with E-state index in [1.807, 2.05) is 6.92 Å². The van der Waals surface area contributed by atoms with Crippen molar-refractivity contribution in [3.8, 4) is 0 Å². The van der Waals surface area contributed by atoms with Crippen molar-refractivity contribution >= 4 is 11.4 Å². The van der Waals surface area contributed by atoms with Crippen molar-refractivity contribution in [3.63, 3.8) is 0 Å². The second kappa shape index (κ2) is 4.49. The zero-order valence-corrected chi connectivity index (χ0v) is 9.72. The van der Waals surface area contributed by atoms with Gasteiger partial charge in [-0.25, -0.2) is 8.78 Å². The fourth-order valence-corrected chi connectivity index (χ4v) is 2.00. The Bertz CT molecular complexity index is 417. The van der Waals surface area contributed by atoms with E-state index in [2.05, 4.69) is 5.32 Å². The van der Waals surface area contributed by atoms with E-state index in [4.69, 9.17) is 10.5 Å². The lowest BCUT2D eigenvalue weighted by atomic mass is 10.0. The van der Waals surface area contributed by atoms with Crippen LogP contribution in [0.2, 0.25) is 0 Å². The maximum atomic E-state index is 13.5. The van der Waals surface area contributed by atoms with Crippen LogP contribution < -0.4 is 11.1 Å². The molecule has 1 aromatic carbocycles. The van der Waals surface area contributed by atoms with Gasteiger partial charge in [-0.05, 0) is 31.9 Å². The summed E-state index contributed by atoms with van der Waals surface area (Å²) in [6.45, 7) is 3.07. The predicted octanol–water partition coefficient (Wildman–Crippen LogP) is 2.53. The van der Waals surface area contributed by atoms with Gasteiger partial charge in [0, 0.05) is 13.2 Å². The van der Waals surface area contributed by atoms with Crippen LogP contribution in [0.25, 0.3) is 0 Å². The highest BCUT2D eigenvalue weighted by atomic mass is 19.2. The van der Waals surface area contributed by atoms with Gasteiger partial charge in [-0.1, -0.05) is 0 Å². The number of nitrogen functional groups attached to an aromatic ring is 1. The van der Waals surface area contributed by atoms with Crippen LogP contribution in [0.3, 0.4) is 0 Å². The maximum absolute atomic E-state index is 13.5. The van der Waals surface area contributed by atoms with Crippen molar-refractivity contribution in [1.82, 2.24) is 0 Å². The molecule has 2 rings (SSSR count). The molecular formula is C12H16F2N2O. The standard InChI is InChI=1S/C12H16F2N2O/c1-12(5-2-6-17-12)7-16-11-9(15)4-3-8(13)10(11)14/h3-4,16H,2,5-7,15H2,1H3. The summed E-state index contributed by atoms with van der Waals surface area (Å²) in [5.74, 6) is -1.84. The van der Waals surface area contributed by atoms with Gasteiger partial charge >= 0.3 is 0 Å². The molecule has 3 nitrogen and oxygen atoms in total. The fourth-order valence-electron chi connectivity index (χ4n) is 2.00. The van der Waals surface area contributed by atoms with Crippen molar-refractivity contribution in [1.29, 1.82) is 0 Å². The van der Waals surface area contributed by atoms with Crippen LogP contribution in [0.1, 0.15) is 19.8 Å². The van der Waals surface area contributed by atoms with Gasteiger partial charge in [-0.2, -0.15) is 0 Å². The molecule has 1 aliphatic heterocycles. The third-order valence-electron chi connectivity index (χ3n) is 3.07. The normalized spacial score (nSPS) is 23.9. The summed E-state index contributed by atoms with van der Waals surface area (Å²) in [6.07, 6.45) is 1.89. The number of hydrogen-bond acceptors (Lipinski definition) is 3. The van der Waals surface area contributed by atoms with Crippen molar-refractivity contribution in [2.75, 3.05) is 24.2 Å². The molecule has 1 aromatic rings. The first kappa shape index (κ1) is 12.1. The summed E-state index contributed by atoms with van der Waals surface area (Å²) in [5, 5.41) is 2.84. The molecule has 0 aliphatic carbocycles. The Morgan fingerprint density at radius 3 is 2.88 bits per heavy atom. The van der Waals surface area contributed by atoms with Gasteiger partial charge in [0.1, 0.15) is 0 Å². The minimum atomic E-state index is -0.938. The first-order valence-corrected chi connectivity index (χ1v) is 5.63. The lowest BCUT2D eigenvalue weighted by molar-refractivity contribution is 0.0315. The Balaban J connectivity index is 2.11. The van der Waals surface area contributed by atoms with E-state index in [1.165, 1.54) is 6.07 Å². The van der Waals surface area contributed by atoms with Crippen molar-refractivity contribution < 1.29 is 13.5 Å². The van der Waals surface area contributed by atoms with E-state index in [9.17, 15) is 8.78 Å². The number of benzene rings is 1. The fraction of sp³-hybridized carbons (Fsp3) is 0.500. The predicted molar refractivity (Wildman–Crippen MR) is 62.9 cm³/mol. The Labute approximate surface area is 98.9 Å². The van der Waals surface area contributed by atoms with Crippen molar-refractivity contribution in [2.45, 2.75) is 25.4 Å². The average molecular weight is 242 g/mol. The van der Waals surface area contributed by atoms with Crippen molar-refractivity contribution in [2.24, 2.45) is 0 Å². The molecule has 0 amide bonds. The van der Waals surface area contributed by atoms with E-state index in [1.54, 1.807) is 0 Å². The summed E-state index contributed by atoms with van der Waals surface area (Å²) in [5.41, 5.74) is 5.50. The second-order valence-corrected chi connectivity index (χ2v) is 4.58. The van der Waals surface area contributed by atoms with Gasteiger partial charge in [-0.15, -0.1) is 0 Å². The third kappa shape index (κ3) is 2.49. The van der Waals surface area contributed by atoms with E-state index in [-0.39, 0.29) is 17.0 Å². The molecule has 1 heterocycles. The number of anilines is 2. The molecule has 1 atom stereocenters. The Morgan fingerprint density at radius 2 is 2.24 bits per heavy atom. The minimum Gasteiger partial charge on any atom is -0.397 e. The number of ether oxygens (including phenoxy) is 1. The van der Waals surface area contributed by atoms with Crippen LogP contribution in [0.15, 0.2) is 12.1 Å². The minimum absolute atomic E-state index is 0.0155. The molecule has 0 saturated carbocycles. The van der Waals surface area contributed by atoms with Gasteiger partial charge < -0.3 is 15.8 Å². The van der Waals surface area contributed by atoms with E-state index >= 15 is 0 Å². The monoisotopic (exact) mass is 242 g/mol. The number of rotatable bonds is 3. The highest BCUT2D eigenvalue weighted by Crippen LogP contribution is 2.29. The molecule has 1 fully saturated rings. The summed E-state index contributed by atoms with van der Waals surface area (Å²) >= 11 is 0. The zero-order chi connectivity index (χ0) is 12.5.